The van der Waals surface area contributed by atoms with Crippen molar-refractivity contribution in [3.8, 4) is 0 Å². The van der Waals surface area contributed by atoms with Crippen molar-refractivity contribution < 1.29 is 23.1 Å². The smallest absolute Gasteiger partial charge is 0.475 e. The van der Waals surface area contributed by atoms with Crippen LogP contribution in [0.1, 0.15) is 5.69 Å². The molecule has 0 atom stereocenters. The van der Waals surface area contributed by atoms with E-state index >= 15 is 0 Å². The molecule has 2 heterocycles. The van der Waals surface area contributed by atoms with Crippen LogP contribution in [0.5, 0.6) is 0 Å². The Morgan fingerprint density at radius 1 is 1.61 bits per heavy atom. The molecule has 0 bridgehead atoms. The van der Waals surface area contributed by atoms with Gasteiger partial charge in [0.2, 0.25) is 5.95 Å². The van der Waals surface area contributed by atoms with E-state index in [2.05, 4.69) is 20.2 Å². The molecule has 1 aromatic heterocycles. The summed E-state index contributed by atoms with van der Waals surface area (Å²) in [6.07, 6.45) is -3.17. The lowest BCUT2D eigenvalue weighted by atomic mass is 10.4. The largest absolute Gasteiger partial charge is 0.490 e. The van der Waals surface area contributed by atoms with Gasteiger partial charge in [-0.05, 0) is 0 Å². The van der Waals surface area contributed by atoms with Crippen LogP contribution in [0.25, 0.3) is 0 Å². The zero-order valence-electron chi connectivity index (χ0n) is 9.58. The minimum atomic E-state index is -5.08. The first-order chi connectivity index (χ1) is 8.36. The van der Waals surface area contributed by atoms with Crippen LogP contribution in [0.3, 0.4) is 0 Å². The third-order valence-electron chi connectivity index (χ3n) is 2.22. The van der Waals surface area contributed by atoms with E-state index in [9.17, 15) is 13.2 Å². The summed E-state index contributed by atoms with van der Waals surface area (Å²) in [7, 11) is 1.90. The molecule has 6 nitrogen and oxygen atoms in total. The molecular formula is C9H13F3N4O2. The maximum atomic E-state index is 10.6. The van der Waals surface area contributed by atoms with Crippen LogP contribution >= 0.6 is 0 Å². The first kappa shape index (κ1) is 14.3. The molecule has 2 rings (SSSR count). The second kappa shape index (κ2) is 5.71. The second-order valence-corrected chi connectivity index (χ2v) is 3.45. The van der Waals surface area contributed by atoms with Gasteiger partial charge >= 0.3 is 12.1 Å². The van der Waals surface area contributed by atoms with Crippen LogP contribution in [0.2, 0.25) is 0 Å². The average molecular weight is 266 g/mol. The van der Waals surface area contributed by atoms with Gasteiger partial charge < -0.3 is 20.3 Å². The van der Waals surface area contributed by atoms with Crippen LogP contribution in [0.4, 0.5) is 19.1 Å². The van der Waals surface area contributed by atoms with Crippen molar-refractivity contribution >= 4 is 11.9 Å². The van der Waals surface area contributed by atoms with Crippen molar-refractivity contribution in [3.05, 3.63) is 11.9 Å². The zero-order valence-corrected chi connectivity index (χ0v) is 9.58. The number of alkyl halides is 3. The topological polar surface area (TPSA) is 79.2 Å². The molecule has 1 aromatic rings. The molecule has 102 valence electrons. The molecule has 9 heteroatoms. The number of carbonyl (C=O) groups is 1. The van der Waals surface area contributed by atoms with Crippen LogP contribution < -0.4 is 10.6 Å². The predicted molar refractivity (Wildman–Crippen MR) is 57.2 cm³/mol. The third kappa shape index (κ3) is 3.62. The number of carboxylic acid groups (broad SMARTS) is 1. The fourth-order valence-corrected chi connectivity index (χ4v) is 1.41. The van der Waals surface area contributed by atoms with Crippen molar-refractivity contribution in [2.45, 2.75) is 19.3 Å². The van der Waals surface area contributed by atoms with E-state index in [1.165, 1.54) is 5.69 Å². The van der Waals surface area contributed by atoms with Crippen LogP contribution in [-0.2, 0) is 17.9 Å². The number of anilines is 1. The summed E-state index contributed by atoms with van der Waals surface area (Å²) in [4.78, 5) is 13.1. The number of nitrogens with zero attached hydrogens (tertiary/aromatic N) is 2. The summed E-state index contributed by atoms with van der Waals surface area (Å²) in [6.45, 7) is 3.00. The number of hydrogen-bond donors (Lipinski definition) is 3. The number of aliphatic carboxylic acids is 1. The SMILES string of the molecule is CNc1ncc2n1CCNC2.O=C(O)C(F)(F)F. The lowest BCUT2D eigenvalue weighted by molar-refractivity contribution is -0.192. The Bertz CT molecular complexity index is 403. The Balaban J connectivity index is 0.000000203. The minimum absolute atomic E-state index is 0.939. The van der Waals surface area contributed by atoms with Gasteiger partial charge in [0.25, 0.3) is 0 Å². The molecule has 3 N–H and O–H groups in total. The van der Waals surface area contributed by atoms with Gasteiger partial charge in [-0.3, -0.25) is 0 Å². The van der Waals surface area contributed by atoms with Gasteiger partial charge in [-0.15, -0.1) is 0 Å². The molecule has 0 aliphatic carbocycles. The Morgan fingerprint density at radius 2 is 2.22 bits per heavy atom. The van der Waals surface area contributed by atoms with Crippen molar-refractivity contribution in [1.82, 2.24) is 14.9 Å². The van der Waals surface area contributed by atoms with E-state index < -0.39 is 12.1 Å². The maximum absolute atomic E-state index is 10.6. The van der Waals surface area contributed by atoms with Crippen molar-refractivity contribution in [2.75, 3.05) is 18.9 Å². The molecule has 18 heavy (non-hydrogen) atoms. The number of carboxylic acids is 1. The zero-order chi connectivity index (χ0) is 13.8. The van der Waals surface area contributed by atoms with Crippen LogP contribution in [-0.4, -0.2) is 40.4 Å². The van der Waals surface area contributed by atoms with Gasteiger partial charge in [0.15, 0.2) is 0 Å². The summed E-state index contributed by atoms with van der Waals surface area (Å²) in [6, 6.07) is 0. The number of nitrogens with one attached hydrogen (secondary N) is 2. The minimum Gasteiger partial charge on any atom is -0.475 e. The van der Waals surface area contributed by atoms with Gasteiger partial charge in [-0.1, -0.05) is 0 Å². The summed E-state index contributed by atoms with van der Waals surface area (Å²) < 4.78 is 33.9. The number of halogens is 3. The summed E-state index contributed by atoms with van der Waals surface area (Å²) in [5.41, 5.74) is 1.26. The Morgan fingerprint density at radius 3 is 2.72 bits per heavy atom. The van der Waals surface area contributed by atoms with Gasteiger partial charge in [0, 0.05) is 26.7 Å². The molecule has 0 saturated heterocycles. The van der Waals surface area contributed by atoms with Gasteiger partial charge in [-0.25, -0.2) is 9.78 Å². The van der Waals surface area contributed by atoms with E-state index in [0.29, 0.717) is 0 Å². The molecule has 0 unspecified atom stereocenters. The Labute approximate surface area is 101 Å². The molecule has 0 amide bonds. The quantitative estimate of drug-likeness (QED) is 0.696. The highest BCUT2D eigenvalue weighted by molar-refractivity contribution is 5.73. The number of aromatic nitrogens is 2. The van der Waals surface area contributed by atoms with E-state index in [1.54, 1.807) is 0 Å². The highest BCUT2D eigenvalue weighted by Crippen LogP contribution is 2.13. The standard InChI is InChI=1S/C7H12N4.C2HF3O2/c1-8-7-10-5-6-4-9-2-3-11(6)7;3-2(4,5)1(6)7/h5,9H,2-4H2,1H3,(H,8,10);(H,6,7). The highest BCUT2D eigenvalue weighted by Gasteiger charge is 2.38. The first-order valence-corrected chi connectivity index (χ1v) is 5.09. The molecule has 0 aromatic carbocycles. The molecule has 1 aliphatic rings. The lowest BCUT2D eigenvalue weighted by Crippen LogP contribution is -2.28. The van der Waals surface area contributed by atoms with Gasteiger partial charge in [0.05, 0.1) is 11.9 Å². The number of imidazole rings is 1. The summed E-state index contributed by atoms with van der Waals surface area (Å²) in [5.74, 6) is -1.78. The van der Waals surface area contributed by atoms with Crippen molar-refractivity contribution in [1.29, 1.82) is 0 Å². The summed E-state index contributed by atoms with van der Waals surface area (Å²) in [5, 5.41) is 13.5. The normalized spacial score (nSPS) is 14.2. The molecule has 0 fully saturated rings. The van der Waals surface area contributed by atoms with Crippen molar-refractivity contribution in [3.63, 3.8) is 0 Å². The first-order valence-electron chi connectivity index (χ1n) is 5.09. The summed E-state index contributed by atoms with van der Waals surface area (Å²) >= 11 is 0. The fraction of sp³-hybridized carbons (Fsp3) is 0.556. The van der Waals surface area contributed by atoms with E-state index in [-0.39, 0.29) is 0 Å². The molecule has 0 radical (unpaired) electrons. The molecule has 0 saturated carbocycles. The monoisotopic (exact) mass is 266 g/mol. The Hall–Kier alpha value is -1.77. The van der Waals surface area contributed by atoms with Crippen LogP contribution in [0, 0.1) is 0 Å². The van der Waals surface area contributed by atoms with E-state index in [0.717, 1.165) is 25.6 Å². The van der Waals surface area contributed by atoms with Gasteiger partial charge in [0.1, 0.15) is 0 Å². The predicted octanol–water partition coefficient (Wildman–Crippen LogP) is 0.661. The number of hydrogen-bond acceptors (Lipinski definition) is 4. The average Bonchev–Trinajstić information content (AvgIpc) is 2.71. The number of fused-ring (bicyclic) bond motifs is 1. The van der Waals surface area contributed by atoms with Crippen LogP contribution in [0.15, 0.2) is 6.20 Å². The van der Waals surface area contributed by atoms with E-state index in [4.69, 9.17) is 9.90 Å². The molecule has 0 spiro atoms. The lowest BCUT2D eigenvalue weighted by Gasteiger charge is -2.16. The highest BCUT2D eigenvalue weighted by atomic mass is 19.4. The van der Waals surface area contributed by atoms with Crippen molar-refractivity contribution in [2.24, 2.45) is 0 Å². The maximum Gasteiger partial charge on any atom is 0.490 e. The Kier molecular flexibility index (Phi) is 4.54. The molecule has 1 aliphatic heterocycles. The second-order valence-electron chi connectivity index (χ2n) is 3.45. The van der Waals surface area contributed by atoms with E-state index in [1.807, 2.05) is 13.2 Å². The molecular weight excluding hydrogens is 253 g/mol. The third-order valence-corrected chi connectivity index (χ3v) is 2.22. The fourth-order valence-electron chi connectivity index (χ4n) is 1.41. The number of rotatable bonds is 1. The van der Waals surface area contributed by atoms with Gasteiger partial charge in [-0.2, -0.15) is 13.2 Å².